The molecule has 3 aromatic carbocycles. The Kier molecular flexibility index (Phi) is 11.3. The van der Waals surface area contributed by atoms with Crippen LogP contribution in [0.4, 0.5) is 26.7 Å². The number of hydrogen-bond donors (Lipinski definition) is 6. The van der Waals surface area contributed by atoms with Gasteiger partial charge in [0.1, 0.15) is 17.6 Å². The number of rotatable bonds is 13. The van der Waals surface area contributed by atoms with E-state index in [0.29, 0.717) is 36.5 Å². The van der Waals surface area contributed by atoms with Crippen LogP contribution in [0.15, 0.2) is 66.7 Å². The van der Waals surface area contributed by atoms with Crippen molar-refractivity contribution in [2.24, 2.45) is 0 Å². The fraction of sp³-hybridized carbons (Fsp3) is 0.276. The Balaban J connectivity index is 1.77. The summed E-state index contributed by atoms with van der Waals surface area (Å²) in [6, 6.07) is 19.1. The van der Waals surface area contributed by atoms with Crippen LogP contribution in [-0.4, -0.2) is 61.9 Å². The Morgan fingerprint density at radius 1 is 0.878 bits per heavy atom. The quantitative estimate of drug-likeness (QED) is 0.101. The maximum absolute atomic E-state index is 11.6. The van der Waals surface area contributed by atoms with Crippen molar-refractivity contribution in [2.75, 3.05) is 36.7 Å². The van der Waals surface area contributed by atoms with E-state index in [9.17, 15) is 24.6 Å². The first-order valence-electron chi connectivity index (χ1n) is 12.7. The molecule has 0 aliphatic heterocycles. The Hall–Kier alpha value is -4.81. The average molecular weight is 567 g/mol. The summed E-state index contributed by atoms with van der Waals surface area (Å²) in [5, 5.41) is 31.1. The van der Waals surface area contributed by atoms with E-state index in [1.807, 2.05) is 24.3 Å². The summed E-state index contributed by atoms with van der Waals surface area (Å²) in [6.45, 7) is 2.02. The molecule has 0 aromatic heterocycles. The molecule has 12 heteroatoms. The largest absolute Gasteiger partial charge is 0.506 e. The SMILES string of the molecule is COC(=O)Nc1ccc(C(CCNC(Oc2ccc(O)c(NC=O)c2)C(C)O)c2ccc(NC(=O)OC)cc2)cc1. The number of aromatic hydroxyl groups is 1. The molecule has 6 N–H and O–H groups in total. The standard InChI is InChI=1S/C29H34N4O8/c1-18(35)27(41-23-12-13-26(36)25(16-23)31-17-34)30-15-14-24(19-4-8-21(9-5-19)32-28(37)39-2)20-6-10-22(11-7-20)33-29(38)40-3/h4-13,16-18,24,27,30,35-36H,14-15H2,1-3H3,(H,31,34)(H,32,37)(H,33,38). The predicted molar refractivity (Wildman–Crippen MR) is 153 cm³/mol. The number of carbonyl (C=O) groups is 3. The first-order chi connectivity index (χ1) is 19.7. The van der Waals surface area contributed by atoms with Gasteiger partial charge in [0.05, 0.1) is 19.9 Å². The maximum atomic E-state index is 11.6. The molecule has 218 valence electrons. The van der Waals surface area contributed by atoms with E-state index in [4.69, 9.17) is 4.74 Å². The van der Waals surface area contributed by atoms with Crippen molar-refractivity contribution in [3.63, 3.8) is 0 Å². The number of aliphatic hydroxyl groups excluding tert-OH is 1. The summed E-state index contributed by atoms with van der Waals surface area (Å²) in [5.41, 5.74) is 3.27. The van der Waals surface area contributed by atoms with Crippen LogP contribution in [0, 0.1) is 0 Å². The number of ether oxygens (including phenoxy) is 3. The number of anilines is 3. The highest BCUT2D eigenvalue weighted by Gasteiger charge is 2.20. The van der Waals surface area contributed by atoms with Crippen LogP contribution in [0.25, 0.3) is 0 Å². The van der Waals surface area contributed by atoms with Gasteiger partial charge in [-0.3, -0.25) is 20.7 Å². The number of methoxy groups -OCH3 is 2. The predicted octanol–water partition coefficient (Wildman–Crippen LogP) is 4.21. The highest BCUT2D eigenvalue weighted by molar-refractivity contribution is 5.85. The summed E-state index contributed by atoms with van der Waals surface area (Å²) in [5.74, 6) is 0.118. The molecule has 0 fully saturated rings. The van der Waals surface area contributed by atoms with Gasteiger partial charge in [-0.2, -0.15) is 0 Å². The van der Waals surface area contributed by atoms with Crippen molar-refractivity contribution < 1.29 is 38.8 Å². The van der Waals surface area contributed by atoms with Crippen molar-refractivity contribution >= 4 is 35.7 Å². The lowest BCUT2D eigenvalue weighted by atomic mass is 9.88. The number of phenols is 1. The summed E-state index contributed by atoms with van der Waals surface area (Å²) >= 11 is 0. The number of benzene rings is 3. The maximum Gasteiger partial charge on any atom is 0.411 e. The molecule has 0 radical (unpaired) electrons. The summed E-state index contributed by atoms with van der Waals surface area (Å²) in [6.07, 6.45) is -1.79. The monoisotopic (exact) mass is 566 g/mol. The smallest absolute Gasteiger partial charge is 0.411 e. The van der Waals surface area contributed by atoms with Gasteiger partial charge in [0.15, 0.2) is 6.23 Å². The molecule has 0 aliphatic carbocycles. The van der Waals surface area contributed by atoms with Crippen LogP contribution in [0.5, 0.6) is 11.5 Å². The third kappa shape index (κ3) is 9.12. The first-order valence-corrected chi connectivity index (χ1v) is 12.7. The van der Waals surface area contributed by atoms with Gasteiger partial charge in [-0.05, 0) is 67.4 Å². The minimum Gasteiger partial charge on any atom is -0.506 e. The summed E-state index contributed by atoms with van der Waals surface area (Å²) in [4.78, 5) is 33.9. The molecular weight excluding hydrogens is 532 g/mol. The molecule has 0 bridgehead atoms. The molecule has 3 amide bonds. The molecule has 2 unspecified atom stereocenters. The zero-order chi connectivity index (χ0) is 29.8. The Labute approximate surface area is 237 Å². The molecule has 2 atom stereocenters. The molecule has 41 heavy (non-hydrogen) atoms. The number of hydrogen-bond acceptors (Lipinski definition) is 9. The van der Waals surface area contributed by atoms with Crippen molar-refractivity contribution in [1.82, 2.24) is 5.32 Å². The van der Waals surface area contributed by atoms with E-state index in [0.717, 1.165) is 11.1 Å². The Morgan fingerprint density at radius 3 is 1.88 bits per heavy atom. The average Bonchev–Trinajstić information content (AvgIpc) is 2.97. The van der Waals surface area contributed by atoms with Gasteiger partial charge in [-0.25, -0.2) is 9.59 Å². The molecule has 0 heterocycles. The van der Waals surface area contributed by atoms with Crippen LogP contribution in [-0.2, 0) is 14.3 Å². The Morgan fingerprint density at radius 2 is 1.41 bits per heavy atom. The lowest BCUT2D eigenvalue weighted by molar-refractivity contribution is -0.105. The minimum absolute atomic E-state index is 0.103. The van der Waals surface area contributed by atoms with Gasteiger partial charge in [-0.15, -0.1) is 0 Å². The van der Waals surface area contributed by atoms with Crippen LogP contribution in [0.2, 0.25) is 0 Å². The van der Waals surface area contributed by atoms with Gasteiger partial charge in [0.2, 0.25) is 6.41 Å². The highest BCUT2D eigenvalue weighted by atomic mass is 16.5. The van der Waals surface area contributed by atoms with E-state index in [1.54, 1.807) is 31.2 Å². The second kappa shape index (κ2) is 15.1. The van der Waals surface area contributed by atoms with Crippen molar-refractivity contribution in [1.29, 1.82) is 0 Å². The van der Waals surface area contributed by atoms with Crippen LogP contribution < -0.4 is 26.0 Å². The third-order valence-electron chi connectivity index (χ3n) is 6.15. The van der Waals surface area contributed by atoms with Crippen LogP contribution >= 0.6 is 0 Å². The Bertz CT molecular complexity index is 1240. The minimum atomic E-state index is -0.892. The topological polar surface area (TPSA) is 167 Å². The molecule has 3 aromatic rings. The highest BCUT2D eigenvalue weighted by Crippen LogP contribution is 2.31. The fourth-order valence-corrected chi connectivity index (χ4v) is 4.06. The van der Waals surface area contributed by atoms with Crippen molar-refractivity contribution in [2.45, 2.75) is 31.6 Å². The molecule has 3 rings (SSSR count). The van der Waals surface area contributed by atoms with E-state index in [-0.39, 0.29) is 17.4 Å². The molecule has 0 spiro atoms. The van der Waals surface area contributed by atoms with Crippen molar-refractivity contribution in [3.05, 3.63) is 77.9 Å². The molecular formula is C29H34N4O8. The van der Waals surface area contributed by atoms with Gasteiger partial charge in [-0.1, -0.05) is 24.3 Å². The molecule has 0 saturated heterocycles. The zero-order valence-corrected chi connectivity index (χ0v) is 22.9. The first kappa shape index (κ1) is 30.7. The molecule has 0 aliphatic rings. The molecule has 12 nitrogen and oxygen atoms in total. The lowest BCUT2D eigenvalue weighted by Crippen LogP contribution is -2.43. The molecule has 0 saturated carbocycles. The lowest BCUT2D eigenvalue weighted by Gasteiger charge is -2.25. The van der Waals surface area contributed by atoms with E-state index in [1.165, 1.54) is 32.4 Å². The van der Waals surface area contributed by atoms with E-state index >= 15 is 0 Å². The van der Waals surface area contributed by atoms with E-state index < -0.39 is 24.5 Å². The van der Waals surface area contributed by atoms with Gasteiger partial charge in [0.25, 0.3) is 0 Å². The number of phenolic OH excluding ortho intramolecular Hbond substituents is 1. The van der Waals surface area contributed by atoms with Crippen molar-refractivity contribution in [3.8, 4) is 11.5 Å². The van der Waals surface area contributed by atoms with Crippen LogP contribution in [0.3, 0.4) is 0 Å². The zero-order valence-electron chi connectivity index (χ0n) is 22.9. The van der Waals surface area contributed by atoms with Crippen LogP contribution in [0.1, 0.15) is 30.4 Å². The summed E-state index contributed by atoms with van der Waals surface area (Å²) in [7, 11) is 2.58. The second-order valence-electron chi connectivity index (χ2n) is 8.99. The number of aliphatic hydroxyl groups is 1. The van der Waals surface area contributed by atoms with Gasteiger partial charge >= 0.3 is 12.2 Å². The number of nitrogens with one attached hydrogen (secondary N) is 4. The number of carbonyl (C=O) groups excluding carboxylic acids is 3. The van der Waals surface area contributed by atoms with Gasteiger partial charge < -0.3 is 29.7 Å². The second-order valence-corrected chi connectivity index (χ2v) is 8.99. The summed E-state index contributed by atoms with van der Waals surface area (Å²) < 4.78 is 15.2. The van der Waals surface area contributed by atoms with E-state index in [2.05, 4.69) is 30.7 Å². The normalized spacial score (nSPS) is 12.1. The van der Waals surface area contributed by atoms with Gasteiger partial charge in [0, 0.05) is 23.4 Å². The third-order valence-corrected chi connectivity index (χ3v) is 6.15. The fourth-order valence-electron chi connectivity index (χ4n) is 4.06. The number of amides is 3.